The fourth-order valence-electron chi connectivity index (χ4n) is 2.35. The van der Waals surface area contributed by atoms with E-state index in [2.05, 4.69) is 0 Å². The van der Waals surface area contributed by atoms with Gasteiger partial charge in [-0.2, -0.15) is 0 Å². The number of methoxy groups -OCH3 is 1. The number of nitrogens with zero attached hydrogens (tertiary/aromatic N) is 1. The maximum absolute atomic E-state index is 12.7. The Bertz CT molecular complexity index is 907. The van der Waals surface area contributed by atoms with Crippen LogP contribution in [-0.4, -0.2) is 28.4 Å². The molecule has 0 atom stereocenters. The van der Waals surface area contributed by atoms with Gasteiger partial charge in [-0.25, -0.2) is 4.79 Å². The summed E-state index contributed by atoms with van der Waals surface area (Å²) in [7, 11) is 1.58. The van der Waals surface area contributed by atoms with Crippen molar-refractivity contribution in [3.63, 3.8) is 0 Å². The van der Waals surface area contributed by atoms with E-state index >= 15 is 0 Å². The molecular weight excluding hydrogens is 358 g/mol. The summed E-state index contributed by atoms with van der Waals surface area (Å²) >= 11 is 6.49. The molecule has 7 heteroatoms. The molecule has 0 aliphatic carbocycles. The summed E-state index contributed by atoms with van der Waals surface area (Å²) in [5, 5.41) is 9.12. The molecule has 2 aromatic carbocycles. The number of carbonyl (C=O) groups excluding carboxylic acids is 1. The van der Waals surface area contributed by atoms with Crippen molar-refractivity contribution in [3.8, 4) is 5.75 Å². The van der Waals surface area contributed by atoms with E-state index in [0.29, 0.717) is 20.7 Å². The first-order valence-corrected chi connectivity index (χ1v) is 8.47. The van der Waals surface area contributed by atoms with Gasteiger partial charge in [0.15, 0.2) is 4.32 Å². The smallest absolute Gasteiger partial charge is 0.335 e. The van der Waals surface area contributed by atoms with E-state index in [0.717, 1.165) is 5.56 Å². The highest BCUT2D eigenvalue weighted by Gasteiger charge is 2.33. The Morgan fingerprint density at radius 3 is 2.72 bits per heavy atom. The summed E-state index contributed by atoms with van der Waals surface area (Å²) in [5.41, 5.74) is 1.36. The number of anilines is 1. The second-order valence-corrected chi connectivity index (χ2v) is 6.82. The molecule has 0 bridgehead atoms. The van der Waals surface area contributed by atoms with Crippen molar-refractivity contribution in [1.82, 2.24) is 0 Å². The Labute approximate surface area is 153 Å². The van der Waals surface area contributed by atoms with Gasteiger partial charge in [0.05, 0.1) is 23.3 Å². The Hall–Kier alpha value is -2.64. The number of carboxylic acids is 1. The first-order valence-electron chi connectivity index (χ1n) is 7.25. The molecule has 1 saturated heterocycles. The monoisotopic (exact) mass is 371 g/mol. The number of carboxylic acid groups (broad SMARTS) is 1. The molecule has 0 radical (unpaired) electrons. The van der Waals surface area contributed by atoms with Crippen LogP contribution in [0.1, 0.15) is 15.9 Å². The predicted octanol–water partition coefficient (Wildman–Crippen LogP) is 3.80. The van der Waals surface area contributed by atoms with Crippen molar-refractivity contribution in [2.24, 2.45) is 0 Å². The number of carbonyl (C=O) groups is 2. The Morgan fingerprint density at radius 2 is 2.00 bits per heavy atom. The third-order valence-corrected chi connectivity index (χ3v) is 4.84. The quantitative estimate of drug-likeness (QED) is 0.651. The molecule has 1 aliphatic rings. The van der Waals surface area contributed by atoms with Crippen LogP contribution >= 0.6 is 24.0 Å². The lowest BCUT2D eigenvalue weighted by molar-refractivity contribution is -0.113. The molecule has 0 unspecified atom stereocenters. The van der Waals surface area contributed by atoms with E-state index in [-0.39, 0.29) is 11.5 Å². The van der Waals surface area contributed by atoms with E-state index in [1.807, 2.05) is 24.3 Å². The molecule has 3 rings (SSSR count). The average molecular weight is 371 g/mol. The Kier molecular flexibility index (Phi) is 4.87. The molecule has 1 heterocycles. The summed E-state index contributed by atoms with van der Waals surface area (Å²) in [6.07, 6.45) is 1.74. The molecule has 1 N–H and O–H groups in total. The first-order chi connectivity index (χ1) is 12.0. The van der Waals surface area contributed by atoms with Crippen LogP contribution in [0.2, 0.25) is 0 Å². The predicted molar refractivity (Wildman–Crippen MR) is 102 cm³/mol. The number of thiocarbonyl (C=S) groups is 1. The molecule has 0 spiro atoms. The molecule has 1 aliphatic heterocycles. The fraction of sp³-hybridized carbons (Fsp3) is 0.0556. The van der Waals surface area contributed by atoms with Crippen molar-refractivity contribution in [2.45, 2.75) is 0 Å². The minimum atomic E-state index is -1.06. The van der Waals surface area contributed by atoms with E-state index in [4.69, 9.17) is 22.1 Å². The van der Waals surface area contributed by atoms with Crippen LogP contribution in [0.15, 0.2) is 53.4 Å². The lowest BCUT2D eigenvalue weighted by Crippen LogP contribution is -2.27. The SMILES string of the molecule is COc1cccc(/C=C2\SC(=S)N(c3cccc(C(=O)O)c3)C2=O)c1. The van der Waals surface area contributed by atoms with Crippen molar-refractivity contribution < 1.29 is 19.4 Å². The lowest BCUT2D eigenvalue weighted by Gasteiger charge is -2.14. The topological polar surface area (TPSA) is 66.8 Å². The van der Waals surface area contributed by atoms with Gasteiger partial charge in [0, 0.05) is 0 Å². The highest BCUT2D eigenvalue weighted by Crippen LogP contribution is 2.36. The van der Waals surface area contributed by atoms with Crippen molar-refractivity contribution in [2.75, 3.05) is 12.0 Å². The molecule has 25 heavy (non-hydrogen) atoms. The number of hydrogen-bond donors (Lipinski definition) is 1. The van der Waals surface area contributed by atoms with Crippen LogP contribution in [0.3, 0.4) is 0 Å². The molecule has 1 amide bonds. The zero-order valence-corrected chi connectivity index (χ0v) is 14.8. The summed E-state index contributed by atoms with van der Waals surface area (Å²) in [4.78, 5) is 25.7. The van der Waals surface area contributed by atoms with Gasteiger partial charge >= 0.3 is 5.97 Å². The summed E-state index contributed by atoms with van der Waals surface area (Å²) in [6, 6.07) is 13.5. The number of benzene rings is 2. The number of aromatic carboxylic acids is 1. The second-order valence-electron chi connectivity index (χ2n) is 5.15. The summed E-state index contributed by atoms with van der Waals surface area (Å²) in [5.74, 6) is -0.641. The minimum Gasteiger partial charge on any atom is -0.497 e. The summed E-state index contributed by atoms with van der Waals surface area (Å²) < 4.78 is 5.54. The molecular formula is C18H13NO4S2. The summed E-state index contributed by atoms with van der Waals surface area (Å²) in [6.45, 7) is 0. The third kappa shape index (κ3) is 3.57. The average Bonchev–Trinajstić information content (AvgIpc) is 2.88. The van der Waals surface area contributed by atoms with Crippen LogP contribution in [0, 0.1) is 0 Å². The van der Waals surface area contributed by atoms with Gasteiger partial charge in [-0.05, 0) is 42.0 Å². The van der Waals surface area contributed by atoms with Crippen LogP contribution in [0.4, 0.5) is 5.69 Å². The highest BCUT2D eigenvalue weighted by atomic mass is 32.2. The highest BCUT2D eigenvalue weighted by molar-refractivity contribution is 8.27. The molecule has 2 aromatic rings. The van der Waals surface area contributed by atoms with Crippen LogP contribution in [0.5, 0.6) is 5.75 Å². The maximum atomic E-state index is 12.7. The van der Waals surface area contributed by atoms with Gasteiger partial charge in [0.1, 0.15) is 5.75 Å². The van der Waals surface area contributed by atoms with Crippen LogP contribution < -0.4 is 9.64 Å². The van der Waals surface area contributed by atoms with E-state index in [9.17, 15) is 9.59 Å². The van der Waals surface area contributed by atoms with Gasteiger partial charge in [-0.3, -0.25) is 9.69 Å². The van der Waals surface area contributed by atoms with Gasteiger partial charge in [-0.15, -0.1) is 0 Å². The van der Waals surface area contributed by atoms with Crippen LogP contribution in [-0.2, 0) is 4.79 Å². The number of ether oxygens (including phenoxy) is 1. The molecule has 0 aromatic heterocycles. The largest absolute Gasteiger partial charge is 0.497 e. The second kappa shape index (κ2) is 7.08. The molecule has 0 saturated carbocycles. The Morgan fingerprint density at radius 1 is 1.24 bits per heavy atom. The number of thioether (sulfide) groups is 1. The van der Waals surface area contributed by atoms with Gasteiger partial charge in [0.25, 0.3) is 5.91 Å². The number of hydrogen-bond acceptors (Lipinski definition) is 5. The van der Waals surface area contributed by atoms with Gasteiger partial charge in [-0.1, -0.05) is 42.2 Å². The third-order valence-electron chi connectivity index (χ3n) is 3.54. The Balaban J connectivity index is 1.93. The van der Waals surface area contributed by atoms with Crippen LogP contribution in [0.25, 0.3) is 6.08 Å². The van der Waals surface area contributed by atoms with E-state index in [1.165, 1.54) is 28.8 Å². The normalized spacial score (nSPS) is 15.7. The molecule has 5 nitrogen and oxygen atoms in total. The van der Waals surface area contributed by atoms with Crippen molar-refractivity contribution in [3.05, 3.63) is 64.6 Å². The standard InChI is InChI=1S/C18H13NO4S2/c1-23-14-7-2-4-11(8-14)9-15-16(20)19(18(24)25-15)13-6-3-5-12(10-13)17(21)22/h2-10H,1H3,(H,21,22)/b15-9-. The zero-order valence-electron chi connectivity index (χ0n) is 13.1. The fourth-order valence-corrected chi connectivity index (χ4v) is 3.65. The maximum Gasteiger partial charge on any atom is 0.335 e. The molecule has 1 fully saturated rings. The number of amides is 1. The van der Waals surface area contributed by atoms with E-state index < -0.39 is 5.97 Å². The first kappa shape index (κ1) is 17.2. The van der Waals surface area contributed by atoms with Gasteiger partial charge < -0.3 is 9.84 Å². The van der Waals surface area contributed by atoms with Crippen molar-refractivity contribution >= 4 is 51.9 Å². The zero-order chi connectivity index (χ0) is 18.0. The van der Waals surface area contributed by atoms with E-state index in [1.54, 1.807) is 25.3 Å². The minimum absolute atomic E-state index is 0.100. The lowest BCUT2D eigenvalue weighted by atomic mass is 10.1. The van der Waals surface area contributed by atoms with Gasteiger partial charge in [0.2, 0.25) is 0 Å². The van der Waals surface area contributed by atoms with Crippen molar-refractivity contribution in [1.29, 1.82) is 0 Å². The molecule has 126 valence electrons. The number of rotatable bonds is 4.